The van der Waals surface area contributed by atoms with E-state index in [0.717, 1.165) is 5.69 Å². The van der Waals surface area contributed by atoms with Crippen LogP contribution in [-0.4, -0.2) is 15.6 Å². The maximum atomic E-state index is 12.2. The Morgan fingerprint density at radius 1 is 1.27 bits per heavy atom. The Labute approximate surface area is 160 Å². The molecule has 2 aromatic heterocycles. The molecule has 0 fully saturated rings. The lowest BCUT2D eigenvalue weighted by Gasteiger charge is -2.06. The zero-order valence-electron chi connectivity index (χ0n) is 14.2. The summed E-state index contributed by atoms with van der Waals surface area (Å²) in [5.41, 5.74) is 1.31. The third-order valence-corrected chi connectivity index (χ3v) is 4.15. The fraction of sp³-hybridized carbons (Fsp3) is 0.158. The van der Waals surface area contributed by atoms with Crippen molar-refractivity contribution in [2.45, 2.75) is 13.5 Å². The van der Waals surface area contributed by atoms with E-state index in [-0.39, 0.29) is 12.4 Å². The molecule has 2 heterocycles. The average molecular weight is 391 g/mol. The number of carbonyl (C=O) groups is 1. The highest BCUT2D eigenvalue weighted by Gasteiger charge is 2.09. The summed E-state index contributed by atoms with van der Waals surface area (Å²) in [6.07, 6.45) is 3.06. The molecule has 3 rings (SSSR count). The molecular weight excluding hydrogens is 375 g/mol. The molecule has 3 aromatic rings. The van der Waals surface area contributed by atoms with E-state index in [2.05, 4.69) is 5.10 Å². The summed E-state index contributed by atoms with van der Waals surface area (Å²) >= 11 is 12.0. The van der Waals surface area contributed by atoms with E-state index in [1.165, 1.54) is 6.08 Å². The van der Waals surface area contributed by atoms with Crippen molar-refractivity contribution in [2.24, 2.45) is 7.05 Å². The molecule has 0 N–H and O–H groups in total. The van der Waals surface area contributed by atoms with Crippen molar-refractivity contribution < 1.29 is 13.9 Å². The first-order valence-electron chi connectivity index (χ1n) is 7.82. The Hall–Kier alpha value is -2.50. The van der Waals surface area contributed by atoms with Crippen molar-refractivity contribution in [3.05, 3.63) is 75.4 Å². The lowest BCUT2D eigenvalue weighted by atomic mass is 10.2. The first kappa shape index (κ1) is 18.3. The topological polar surface area (TPSA) is 57.3 Å². The molecule has 0 aliphatic rings. The van der Waals surface area contributed by atoms with Crippen LogP contribution in [0.15, 0.2) is 46.9 Å². The molecule has 0 saturated heterocycles. The number of ether oxygens (including phenoxy) is 1. The molecule has 0 aliphatic carbocycles. The van der Waals surface area contributed by atoms with Crippen LogP contribution in [0.2, 0.25) is 10.0 Å². The third-order valence-electron chi connectivity index (χ3n) is 3.60. The Bertz CT molecular complexity index is 973. The van der Waals surface area contributed by atoms with Crippen LogP contribution in [-0.2, 0) is 13.7 Å². The second-order valence-electron chi connectivity index (χ2n) is 5.66. The van der Waals surface area contributed by atoms with E-state index in [9.17, 15) is 4.79 Å². The number of aryl methyl sites for hydroxylation is 2. The molecule has 0 bridgehead atoms. The van der Waals surface area contributed by atoms with Gasteiger partial charge in [-0.25, -0.2) is 0 Å². The normalized spacial score (nSPS) is 11.2. The minimum Gasteiger partial charge on any atom is -0.484 e. The Morgan fingerprint density at radius 3 is 2.81 bits per heavy atom. The van der Waals surface area contributed by atoms with Gasteiger partial charge in [0.1, 0.15) is 29.6 Å². The van der Waals surface area contributed by atoms with Crippen molar-refractivity contribution in [3.63, 3.8) is 0 Å². The highest BCUT2D eigenvalue weighted by molar-refractivity contribution is 6.34. The van der Waals surface area contributed by atoms with Crippen LogP contribution in [0, 0.1) is 6.92 Å². The molecule has 1 aromatic carbocycles. The molecule has 0 aliphatic heterocycles. The van der Waals surface area contributed by atoms with Gasteiger partial charge in [0.05, 0.1) is 10.7 Å². The number of allylic oxidation sites excluding steroid dienone is 1. The predicted octanol–water partition coefficient (Wildman–Crippen LogP) is 5.10. The van der Waals surface area contributed by atoms with Crippen LogP contribution in [0.1, 0.15) is 27.7 Å². The Morgan fingerprint density at radius 2 is 2.08 bits per heavy atom. The molecule has 0 atom stereocenters. The molecule has 7 heteroatoms. The minimum atomic E-state index is -0.145. The number of hydrogen-bond donors (Lipinski definition) is 0. The molecule has 0 spiro atoms. The van der Waals surface area contributed by atoms with E-state index < -0.39 is 0 Å². The maximum Gasteiger partial charge on any atom is 0.203 e. The lowest BCUT2D eigenvalue weighted by Crippen LogP contribution is -2.03. The number of furan rings is 1. The summed E-state index contributed by atoms with van der Waals surface area (Å²) in [5.74, 6) is 1.49. The summed E-state index contributed by atoms with van der Waals surface area (Å²) in [6, 6.07) is 10.3. The van der Waals surface area contributed by atoms with Gasteiger partial charge in [-0.05, 0) is 49.4 Å². The van der Waals surface area contributed by atoms with Gasteiger partial charge in [0, 0.05) is 18.1 Å². The third kappa shape index (κ3) is 4.36. The lowest BCUT2D eigenvalue weighted by molar-refractivity contribution is 0.103. The maximum absolute atomic E-state index is 12.2. The fourth-order valence-electron chi connectivity index (χ4n) is 2.38. The van der Waals surface area contributed by atoms with Gasteiger partial charge in [0.25, 0.3) is 0 Å². The van der Waals surface area contributed by atoms with Crippen molar-refractivity contribution in [2.75, 3.05) is 0 Å². The SMILES string of the molecule is Cc1cc(C(=O)/C=C\c2ccc(COc3cc(Cl)ccc3Cl)o2)n(C)n1. The molecule has 5 nitrogen and oxygen atoms in total. The van der Waals surface area contributed by atoms with Crippen LogP contribution in [0.3, 0.4) is 0 Å². The highest BCUT2D eigenvalue weighted by Crippen LogP contribution is 2.28. The van der Waals surface area contributed by atoms with Gasteiger partial charge < -0.3 is 9.15 Å². The highest BCUT2D eigenvalue weighted by atomic mass is 35.5. The molecule has 0 amide bonds. The fourth-order valence-corrected chi connectivity index (χ4v) is 2.72. The number of carbonyl (C=O) groups excluding carboxylic acids is 1. The van der Waals surface area contributed by atoms with Gasteiger partial charge in [-0.15, -0.1) is 0 Å². The number of aromatic nitrogens is 2. The van der Waals surface area contributed by atoms with Crippen molar-refractivity contribution >= 4 is 35.1 Å². The number of halogens is 2. The molecule has 26 heavy (non-hydrogen) atoms. The van der Waals surface area contributed by atoms with Crippen LogP contribution in [0.5, 0.6) is 5.75 Å². The van der Waals surface area contributed by atoms with Crippen LogP contribution < -0.4 is 4.74 Å². The number of benzene rings is 1. The predicted molar refractivity (Wildman–Crippen MR) is 101 cm³/mol. The van der Waals surface area contributed by atoms with Gasteiger partial charge >= 0.3 is 0 Å². The Balaban J connectivity index is 1.63. The molecule has 0 unspecified atom stereocenters. The molecular formula is C19H16Cl2N2O3. The van der Waals surface area contributed by atoms with Gasteiger partial charge in [-0.2, -0.15) is 5.10 Å². The van der Waals surface area contributed by atoms with E-state index in [1.807, 2.05) is 6.92 Å². The molecule has 0 radical (unpaired) electrons. The number of ketones is 1. The second kappa shape index (κ2) is 7.81. The smallest absolute Gasteiger partial charge is 0.203 e. The molecule has 0 saturated carbocycles. The van der Waals surface area contributed by atoms with Crippen LogP contribution >= 0.6 is 23.2 Å². The van der Waals surface area contributed by atoms with E-state index in [4.69, 9.17) is 32.4 Å². The van der Waals surface area contributed by atoms with Crippen molar-refractivity contribution in [1.82, 2.24) is 9.78 Å². The molecule has 134 valence electrons. The largest absolute Gasteiger partial charge is 0.484 e. The van der Waals surface area contributed by atoms with Crippen LogP contribution in [0.25, 0.3) is 6.08 Å². The first-order chi connectivity index (χ1) is 12.4. The van der Waals surface area contributed by atoms with Gasteiger partial charge in [0.2, 0.25) is 5.78 Å². The first-order valence-corrected chi connectivity index (χ1v) is 8.57. The van der Waals surface area contributed by atoms with E-state index in [0.29, 0.717) is 33.0 Å². The zero-order chi connectivity index (χ0) is 18.7. The number of nitrogens with zero attached hydrogens (tertiary/aromatic N) is 2. The number of hydrogen-bond acceptors (Lipinski definition) is 4. The summed E-state index contributed by atoms with van der Waals surface area (Å²) in [7, 11) is 1.73. The second-order valence-corrected chi connectivity index (χ2v) is 6.50. The minimum absolute atomic E-state index is 0.145. The van der Waals surface area contributed by atoms with Gasteiger partial charge in [-0.3, -0.25) is 9.48 Å². The summed E-state index contributed by atoms with van der Waals surface area (Å²) < 4.78 is 12.8. The average Bonchev–Trinajstić information content (AvgIpc) is 3.19. The van der Waals surface area contributed by atoms with E-state index in [1.54, 1.807) is 54.2 Å². The van der Waals surface area contributed by atoms with Crippen molar-refractivity contribution in [1.29, 1.82) is 0 Å². The van der Waals surface area contributed by atoms with Crippen LogP contribution in [0.4, 0.5) is 0 Å². The van der Waals surface area contributed by atoms with E-state index >= 15 is 0 Å². The quantitative estimate of drug-likeness (QED) is 0.433. The van der Waals surface area contributed by atoms with Crippen molar-refractivity contribution in [3.8, 4) is 5.75 Å². The number of rotatable bonds is 6. The summed E-state index contributed by atoms with van der Waals surface area (Å²) in [5, 5.41) is 5.17. The van der Waals surface area contributed by atoms with Gasteiger partial charge in [0.15, 0.2) is 0 Å². The van der Waals surface area contributed by atoms with Gasteiger partial charge in [-0.1, -0.05) is 23.2 Å². The Kier molecular flexibility index (Phi) is 5.49. The monoisotopic (exact) mass is 390 g/mol. The summed E-state index contributed by atoms with van der Waals surface area (Å²) in [6.45, 7) is 2.04. The summed E-state index contributed by atoms with van der Waals surface area (Å²) in [4.78, 5) is 12.2. The standard InChI is InChI=1S/C19H16Cl2N2O3/c1-12-9-17(23(2)22-12)18(24)8-6-14-4-5-15(26-14)11-25-19-10-13(20)3-7-16(19)21/h3-10H,11H2,1-2H3/b8-6-. The zero-order valence-corrected chi connectivity index (χ0v) is 15.7.